The van der Waals surface area contributed by atoms with Crippen molar-refractivity contribution < 1.29 is 17.9 Å². The fourth-order valence-corrected chi connectivity index (χ4v) is 3.80. The summed E-state index contributed by atoms with van der Waals surface area (Å²) in [7, 11) is 0. The van der Waals surface area contributed by atoms with Crippen LogP contribution in [0.25, 0.3) is 0 Å². The van der Waals surface area contributed by atoms with Gasteiger partial charge in [-0.05, 0) is 24.6 Å². The number of alkyl halides is 3. The highest BCUT2D eigenvalue weighted by molar-refractivity contribution is 5.96. The number of allylic oxidation sites excluding steroid dienone is 1. The molecule has 0 unspecified atom stereocenters. The second kappa shape index (κ2) is 6.85. The summed E-state index contributed by atoms with van der Waals surface area (Å²) in [6.45, 7) is 1.88. The third-order valence-corrected chi connectivity index (χ3v) is 5.13. The predicted molar refractivity (Wildman–Crippen MR) is 102 cm³/mol. The number of nitriles is 1. The Bertz CT molecular complexity index is 1020. The van der Waals surface area contributed by atoms with E-state index in [9.17, 15) is 18.4 Å². The molecule has 0 spiro atoms. The largest absolute Gasteiger partial charge is 0.452 e. The maximum Gasteiger partial charge on any atom is 0.431 e. The first-order valence-electron chi connectivity index (χ1n) is 8.94. The van der Waals surface area contributed by atoms with Crippen LogP contribution in [0.1, 0.15) is 17.0 Å². The lowest BCUT2D eigenvalue weighted by atomic mass is 9.76. The van der Waals surface area contributed by atoms with Crippen molar-refractivity contribution in [2.75, 3.05) is 5.01 Å². The maximum atomic E-state index is 14.0. The van der Waals surface area contributed by atoms with Crippen LogP contribution < -0.4 is 10.7 Å². The van der Waals surface area contributed by atoms with Gasteiger partial charge in [-0.1, -0.05) is 48.0 Å². The number of ether oxygens (including phenoxy) is 1. The molecule has 2 aliphatic heterocycles. The van der Waals surface area contributed by atoms with Crippen molar-refractivity contribution in [1.82, 2.24) is 0 Å². The third-order valence-electron chi connectivity index (χ3n) is 5.13. The molecule has 2 heterocycles. The molecule has 0 aliphatic carbocycles. The lowest BCUT2D eigenvalue weighted by Gasteiger charge is -2.37. The van der Waals surface area contributed by atoms with E-state index in [0.29, 0.717) is 11.3 Å². The number of aryl methyl sites for hydroxylation is 1. The van der Waals surface area contributed by atoms with E-state index in [1.807, 2.05) is 13.0 Å². The molecule has 2 aliphatic rings. The summed E-state index contributed by atoms with van der Waals surface area (Å²) in [5.74, 6) is -2.34. The van der Waals surface area contributed by atoms with E-state index in [1.165, 1.54) is 5.01 Å². The zero-order valence-electron chi connectivity index (χ0n) is 15.4. The Kier molecular flexibility index (Phi) is 4.46. The van der Waals surface area contributed by atoms with Gasteiger partial charge in [0, 0.05) is 5.92 Å². The first-order chi connectivity index (χ1) is 13.8. The van der Waals surface area contributed by atoms with E-state index in [4.69, 9.17) is 10.5 Å². The molecule has 29 heavy (non-hydrogen) atoms. The van der Waals surface area contributed by atoms with E-state index in [-0.39, 0.29) is 11.5 Å². The highest BCUT2D eigenvalue weighted by Crippen LogP contribution is 2.48. The summed E-state index contributed by atoms with van der Waals surface area (Å²) in [6.07, 6.45) is -5.80. The summed E-state index contributed by atoms with van der Waals surface area (Å²) in [6, 6.07) is 17.4. The zero-order valence-corrected chi connectivity index (χ0v) is 15.4. The molecular formula is C21H17F3N4O. The van der Waals surface area contributed by atoms with Crippen molar-refractivity contribution in [1.29, 1.82) is 5.26 Å². The molecule has 2 aromatic rings. The fraction of sp³-hybridized carbons (Fsp3) is 0.238. The third kappa shape index (κ3) is 3.18. The smallest absolute Gasteiger partial charge is 0.431 e. The monoisotopic (exact) mass is 398 g/mol. The van der Waals surface area contributed by atoms with Crippen LogP contribution in [0.4, 0.5) is 18.9 Å². The van der Waals surface area contributed by atoms with Crippen molar-refractivity contribution in [3.63, 3.8) is 0 Å². The van der Waals surface area contributed by atoms with Gasteiger partial charge in [-0.25, -0.2) is 5.01 Å². The molecule has 5 nitrogen and oxygen atoms in total. The van der Waals surface area contributed by atoms with Crippen LogP contribution >= 0.6 is 0 Å². The number of benzene rings is 2. The van der Waals surface area contributed by atoms with Gasteiger partial charge in [0.05, 0.1) is 17.2 Å². The fourth-order valence-electron chi connectivity index (χ4n) is 3.80. The molecule has 4 rings (SSSR count). The average molecular weight is 398 g/mol. The second-order valence-electron chi connectivity index (χ2n) is 6.98. The molecule has 0 saturated heterocycles. The molecule has 0 bridgehead atoms. The van der Waals surface area contributed by atoms with Gasteiger partial charge in [0.25, 0.3) is 0 Å². The molecule has 0 fully saturated rings. The number of hydrogen-bond donors (Lipinski definition) is 1. The van der Waals surface area contributed by atoms with Crippen LogP contribution in [0.3, 0.4) is 0 Å². The number of hydrazone groups is 1. The zero-order chi connectivity index (χ0) is 20.8. The number of para-hydroxylation sites is 1. The van der Waals surface area contributed by atoms with Gasteiger partial charge in [0.15, 0.2) is 5.71 Å². The first kappa shape index (κ1) is 18.9. The molecule has 148 valence electrons. The molecule has 0 amide bonds. The molecule has 2 aromatic carbocycles. The Hall–Kier alpha value is -3.47. The maximum absolute atomic E-state index is 14.0. The highest BCUT2D eigenvalue weighted by Gasteiger charge is 2.57. The van der Waals surface area contributed by atoms with Crippen molar-refractivity contribution >= 4 is 11.4 Å². The molecule has 0 radical (unpaired) electrons. The van der Waals surface area contributed by atoms with Crippen molar-refractivity contribution in [2.45, 2.75) is 25.2 Å². The van der Waals surface area contributed by atoms with Gasteiger partial charge in [-0.3, -0.25) is 0 Å². The van der Waals surface area contributed by atoms with Gasteiger partial charge in [0.2, 0.25) is 12.1 Å². The van der Waals surface area contributed by atoms with Gasteiger partial charge >= 0.3 is 6.18 Å². The Morgan fingerprint density at radius 3 is 2.34 bits per heavy atom. The number of hydrogen-bond acceptors (Lipinski definition) is 5. The summed E-state index contributed by atoms with van der Waals surface area (Å²) >= 11 is 0. The molecule has 2 N–H and O–H groups in total. The number of nitrogens with zero attached hydrogens (tertiary/aromatic N) is 3. The minimum Gasteiger partial charge on any atom is -0.452 e. The van der Waals surface area contributed by atoms with E-state index < -0.39 is 30.0 Å². The second-order valence-corrected chi connectivity index (χ2v) is 6.98. The number of nitrogens with two attached hydrogens (primary N) is 1. The molecule has 0 aromatic heterocycles. The van der Waals surface area contributed by atoms with Crippen LogP contribution in [0.2, 0.25) is 0 Å². The summed E-state index contributed by atoms with van der Waals surface area (Å²) < 4.78 is 47.5. The van der Waals surface area contributed by atoms with E-state index in [1.54, 1.807) is 54.6 Å². The van der Waals surface area contributed by atoms with Gasteiger partial charge in [0.1, 0.15) is 6.07 Å². The molecule has 8 heteroatoms. The molecular weight excluding hydrogens is 381 g/mol. The van der Waals surface area contributed by atoms with Crippen molar-refractivity contribution in [2.24, 2.45) is 16.8 Å². The first-order valence-corrected chi connectivity index (χ1v) is 8.94. The molecule has 0 saturated carbocycles. The molecule has 3 atom stereocenters. The average Bonchev–Trinajstić information content (AvgIpc) is 3.08. The quantitative estimate of drug-likeness (QED) is 0.823. The normalized spacial score (nSPS) is 23.9. The van der Waals surface area contributed by atoms with E-state index in [0.717, 1.165) is 5.56 Å². The van der Waals surface area contributed by atoms with Crippen molar-refractivity contribution in [3.05, 3.63) is 77.2 Å². The minimum absolute atomic E-state index is 0.0260. The van der Waals surface area contributed by atoms with Gasteiger partial charge in [-0.15, -0.1) is 0 Å². The summed E-state index contributed by atoms with van der Waals surface area (Å²) in [5, 5.41) is 14.7. The lowest BCUT2D eigenvalue weighted by Crippen LogP contribution is -2.46. The van der Waals surface area contributed by atoms with Gasteiger partial charge < -0.3 is 10.5 Å². The van der Waals surface area contributed by atoms with Crippen LogP contribution in [0.15, 0.2) is 71.2 Å². The Balaban J connectivity index is 1.90. The summed E-state index contributed by atoms with van der Waals surface area (Å²) in [5.41, 5.74) is 6.91. The standard InChI is InChI=1S/C21H17F3N4O/c1-12-7-9-13(10-8-12)16-15(11-25)19(26)29-20-17(16)18(21(22,23)24)27-28(20)14-5-3-2-4-6-14/h2-10,16-17,20H,26H2,1H3/t16-,17+,20-/m0/s1. The Morgan fingerprint density at radius 2 is 1.76 bits per heavy atom. The Labute approximate surface area is 165 Å². The topological polar surface area (TPSA) is 74.6 Å². The Morgan fingerprint density at radius 1 is 1.10 bits per heavy atom. The number of anilines is 1. The van der Waals surface area contributed by atoms with Crippen LogP contribution in [0.5, 0.6) is 0 Å². The number of fused-ring (bicyclic) bond motifs is 1. The highest BCUT2D eigenvalue weighted by atomic mass is 19.4. The van der Waals surface area contributed by atoms with Crippen LogP contribution in [-0.4, -0.2) is 18.1 Å². The minimum atomic E-state index is -4.69. The lowest BCUT2D eigenvalue weighted by molar-refractivity contribution is -0.0658. The number of rotatable bonds is 2. The SMILES string of the molecule is Cc1ccc([C@H]2C(C#N)=C(N)O[C@H]3[C@H]2C(C(F)(F)F)=NN3c2ccccc2)cc1. The predicted octanol–water partition coefficient (Wildman–Crippen LogP) is 4.18. The van der Waals surface area contributed by atoms with Crippen LogP contribution in [0, 0.1) is 24.2 Å². The van der Waals surface area contributed by atoms with Gasteiger partial charge in [-0.2, -0.15) is 23.5 Å². The van der Waals surface area contributed by atoms with Crippen molar-refractivity contribution in [3.8, 4) is 6.07 Å². The van der Waals surface area contributed by atoms with Crippen LogP contribution in [-0.2, 0) is 4.74 Å². The number of halogens is 3. The summed E-state index contributed by atoms with van der Waals surface area (Å²) in [4.78, 5) is 0. The van der Waals surface area contributed by atoms with E-state index in [2.05, 4.69) is 5.10 Å². The van der Waals surface area contributed by atoms with E-state index >= 15 is 0 Å².